The van der Waals surface area contributed by atoms with Crippen LogP contribution in [-0.4, -0.2) is 114 Å². The molecule has 5 rings (SSSR count). The van der Waals surface area contributed by atoms with Crippen molar-refractivity contribution in [3.8, 4) is 17.8 Å². The lowest BCUT2D eigenvalue weighted by atomic mass is 9.81. The number of carbonyl (C=O) groups is 1. The molecule has 3 aromatic rings. The zero-order chi connectivity index (χ0) is 32.7. The van der Waals surface area contributed by atoms with Gasteiger partial charge < -0.3 is 24.2 Å². The molecule has 0 aliphatic carbocycles. The molecule has 2 aliphatic rings. The number of piperazine rings is 2. The standard InChI is InChI=1S/C33H40F3N5O5.2ClH/c1-3-45-32-37-30(44-2)26(31(38-32)46-22-33(34,35)36)20-39-18-25-19-40(28(43)14-17-42)15-16-41(25)27(21-39)29(23-10-6-4-7-11-23)24-12-8-5-9-13-24;;/h4-13,25,27,29,42H,3,14-22H2,1-2H3;2*1H/t25-,27+;;/m1../s1. The van der Waals surface area contributed by atoms with Crippen LogP contribution in [0.4, 0.5) is 13.2 Å². The SMILES string of the molecule is CCOc1nc(OC)c(CN2C[C@@H]3CN(C(=O)CCO)CCN3[C@H](C(c3ccccc3)c3ccccc3)C2)c(OCC(F)(F)F)n1.Cl.Cl. The average Bonchev–Trinajstić information content (AvgIpc) is 3.05. The predicted molar refractivity (Wildman–Crippen MR) is 178 cm³/mol. The van der Waals surface area contributed by atoms with E-state index in [9.17, 15) is 23.1 Å². The molecule has 0 bridgehead atoms. The molecule has 2 saturated heterocycles. The summed E-state index contributed by atoms with van der Waals surface area (Å²) in [6.07, 6.45) is -4.53. The first-order valence-electron chi connectivity index (χ1n) is 15.4. The molecule has 0 radical (unpaired) electrons. The highest BCUT2D eigenvalue weighted by Crippen LogP contribution is 2.38. The van der Waals surface area contributed by atoms with E-state index >= 15 is 0 Å². The number of alkyl halides is 3. The second-order valence-corrected chi connectivity index (χ2v) is 11.4. The van der Waals surface area contributed by atoms with Crippen LogP contribution in [0.1, 0.15) is 36.0 Å². The maximum absolute atomic E-state index is 13.3. The van der Waals surface area contributed by atoms with E-state index in [2.05, 4.69) is 44.0 Å². The van der Waals surface area contributed by atoms with Crippen molar-refractivity contribution in [1.29, 1.82) is 0 Å². The van der Waals surface area contributed by atoms with E-state index in [4.69, 9.17) is 14.2 Å². The molecule has 2 aliphatic heterocycles. The Morgan fingerprint density at radius 3 is 2.12 bits per heavy atom. The van der Waals surface area contributed by atoms with Gasteiger partial charge in [0.2, 0.25) is 17.7 Å². The second-order valence-electron chi connectivity index (χ2n) is 11.4. The maximum Gasteiger partial charge on any atom is 0.422 e. The Labute approximate surface area is 291 Å². The van der Waals surface area contributed by atoms with Crippen LogP contribution in [0.2, 0.25) is 0 Å². The normalized spacial score (nSPS) is 18.4. The second kappa shape index (κ2) is 17.9. The Kier molecular flexibility index (Phi) is 14.5. The number of nitrogens with zero attached hydrogens (tertiary/aromatic N) is 5. The number of aliphatic hydroxyl groups excluding tert-OH is 1. The Hall–Kier alpha value is -3.36. The molecule has 0 spiro atoms. The van der Waals surface area contributed by atoms with E-state index in [0.29, 0.717) is 32.7 Å². The molecule has 3 heterocycles. The van der Waals surface area contributed by atoms with Gasteiger partial charge in [-0.1, -0.05) is 60.7 Å². The number of rotatable bonds is 12. The first kappa shape index (κ1) is 39.1. The minimum atomic E-state index is -4.58. The molecule has 15 heteroatoms. The van der Waals surface area contributed by atoms with Gasteiger partial charge in [-0.05, 0) is 18.1 Å². The van der Waals surface area contributed by atoms with E-state index in [1.54, 1.807) is 11.8 Å². The van der Waals surface area contributed by atoms with Gasteiger partial charge in [0.1, 0.15) is 0 Å². The van der Waals surface area contributed by atoms with Crippen LogP contribution >= 0.6 is 24.8 Å². The highest BCUT2D eigenvalue weighted by Gasteiger charge is 2.43. The largest absolute Gasteiger partial charge is 0.481 e. The lowest BCUT2D eigenvalue weighted by Gasteiger charge is -2.53. The topological polar surface area (TPSA) is 100 Å². The van der Waals surface area contributed by atoms with Crippen molar-refractivity contribution in [2.45, 2.75) is 44.1 Å². The molecule has 2 aromatic carbocycles. The Morgan fingerprint density at radius 1 is 0.938 bits per heavy atom. The van der Waals surface area contributed by atoms with Crippen molar-refractivity contribution in [2.24, 2.45) is 0 Å². The fourth-order valence-electron chi connectivity index (χ4n) is 6.49. The summed E-state index contributed by atoms with van der Waals surface area (Å²) >= 11 is 0. The minimum Gasteiger partial charge on any atom is -0.481 e. The van der Waals surface area contributed by atoms with Gasteiger partial charge in [-0.3, -0.25) is 14.6 Å². The van der Waals surface area contributed by atoms with Crippen LogP contribution < -0.4 is 14.2 Å². The van der Waals surface area contributed by atoms with Crippen molar-refractivity contribution in [2.75, 3.05) is 59.7 Å². The average molecular weight is 717 g/mol. The minimum absolute atomic E-state index is 0. The number of benzene rings is 2. The third kappa shape index (κ3) is 9.63. The summed E-state index contributed by atoms with van der Waals surface area (Å²) in [5, 5.41) is 9.41. The molecule has 0 unspecified atom stereocenters. The third-order valence-corrected chi connectivity index (χ3v) is 8.38. The van der Waals surface area contributed by atoms with Crippen molar-refractivity contribution < 1.29 is 37.3 Å². The lowest BCUT2D eigenvalue weighted by molar-refractivity contribution is -0.154. The van der Waals surface area contributed by atoms with Crippen LogP contribution in [0.3, 0.4) is 0 Å². The number of carbonyl (C=O) groups excluding carboxylic acids is 1. The summed E-state index contributed by atoms with van der Waals surface area (Å²) in [7, 11) is 1.39. The molecule has 2 fully saturated rings. The molecule has 10 nitrogen and oxygen atoms in total. The van der Waals surface area contributed by atoms with E-state index in [0.717, 1.165) is 11.1 Å². The van der Waals surface area contributed by atoms with Gasteiger partial charge in [0.15, 0.2) is 6.61 Å². The van der Waals surface area contributed by atoms with E-state index < -0.39 is 12.8 Å². The fourth-order valence-corrected chi connectivity index (χ4v) is 6.49. The van der Waals surface area contributed by atoms with Gasteiger partial charge in [-0.15, -0.1) is 24.8 Å². The summed E-state index contributed by atoms with van der Waals surface area (Å²) in [5.74, 6) is -0.326. The number of methoxy groups -OCH3 is 1. The Bertz CT molecular complexity index is 1400. The van der Waals surface area contributed by atoms with Crippen molar-refractivity contribution in [3.05, 3.63) is 77.4 Å². The summed E-state index contributed by atoms with van der Waals surface area (Å²) in [6.45, 7) is 3.03. The van der Waals surface area contributed by atoms with E-state index in [1.807, 2.05) is 36.4 Å². The Morgan fingerprint density at radius 2 is 1.56 bits per heavy atom. The first-order chi connectivity index (χ1) is 22.2. The van der Waals surface area contributed by atoms with Gasteiger partial charge >= 0.3 is 12.2 Å². The fraction of sp³-hybridized carbons (Fsp3) is 0.485. The molecular weight excluding hydrogens is 674 g/mol. The number of aliphatic hydroxyl groups is 1. The van der Waals surface area contributed by atoms with Crippen LogP contribution in [0.5, 0.6) is 17.8 Å². The summed E-state index contributed by atoms with van der Waals surface area (Å²) in [6, 6.07) is 20.2. The highest BCUT2D eigenvalue weighted by atomic mass is 35.5. The summed E-state index contributed by atoms with van der Waals surface area (Å²) in [5.41, 5.74) is 2.55. The number of fused-ring (bicyclic) bond motifs is 1. The molecule has 264 valence electrons. The molecule has 0 saturated carbocycles. The Balaban J connectivity index is 0.00000312. The van der Waals surface area contributed by atoms with E-state index in [1.165, 1.54) is 7.11 Å². The zero-order valence-corrected chi connectivity index (χ0v) is 28.5. The van der Waals surface area contributed by atoms with Gasteiger partial charge in [-0.2, -0.15) is 23.1 Å². The van der Waals surface area contributed by atoms with Gasteiger partial charge in [-0.25, -0.2) is 0 Å². The number of amides is 1. The number of hydrogen-bond acceptors (Lipinski definition) is 9. The summed E-state index contributed by atoms with van der Waals surface area (Å²) < 4.78 is 56.0. The molecular formula is C33H42Cl2F3N5O5. The molecule has 2 atom stereocenters. The summed E-state index contributed by atoms with van der Waals surface area (Å²) in [4.78, 5) is 27.7. The van der Waals surface area contributed by atoms with Crippen molar-refractivity contribution >= 4 is 30.7 Å². The maximum atomic E-state index is 13.3. The number of halogens is 5. The van der Waals surface area contributed by atoms with Gasteiger partial charge in [0.25, 0.3) is 0 Å². The van der Waals surface area contributed by atoms with Crippen molar-refractivity contribution in [1.82, 2.24) is 24.7 Å². The molecule has 1 amide bonds. The van der Waals surface area contributed by atoms with Crippen LogP contribution in [-0.2, 0) is 11.3 Å². The van der Waals surface area contributed by atoms with E-state index in [-0.39, 0.29) is 98.2 Å². The van der Waals surface area contributed by atoms with Gasteiger partial charge in [0.05, 0.1) is 25.9 Å². The first-order valence-corrected chi connectivity index (χ1v) is 15.4. The lowest BCUT2D eigenvalue weighted by Crippen LogP contribution is -2.67. The molecule has 1 aromatic heterocycles. The monoisotopic (exact) mass is 715 g/mol. The van der Waals surface area contributed by atoms with Crippen LogP contribution in [0.25, 0.3) is 0 Å². The highest BCUT2D eigenvalue weighted by molar-refractivity contribution is 5.85. The smallest absolute Gasteiger partial charge is 0.422 e. The van der Waals surface area contributed by atoms with Gasteiger partial charge in [0, 0.05) is 63.7 Å². The van der Waals surface area contributed by atoms with Crippen LogP contribution in [0, 0.1) is 0 Å². The molecule has 48 heavy (non-hydrogen) atoms. The molecule has 1 N–H and O–H groups in total. The van der Waals surface area contributed by atoms with Crippen molar-refractivity contribution in [3.63, 3.8) is 0 Å². The third-order valence-electron chi connectivity index (χ3n) is 8.38. The predicted octanol–water partition coefficient (Wildman–Crippen LogP) is 4.58. The number of aromatic nitrogens is 2. The number of hydrogen-bond donors (Lipinski definition) is 1. The van der Waals surface area contributed by atoms with Crippen LogP contribution in [0.15, 0.2) is 60.7 Å². The zero-order valence-electron chi connectivity index (χ0n) is 26.8. The number of ether oxygens (including phenoxy) is 3. The quantitative estimate of drug-likeness (QED) is 0.289.